The Kier molecular flexibility index (Phi) is 6.01. The van der Waals surface area contributed by atoms with Gasteiger partial charge in [-0.25, -0.2) is 8.42 Å². The van der Waals surface area contributed by atoms with Crippen molar-refractivity contribution in [2.24, 2.45) is 0 Å². The van der Waals surface area contributed by atoms with Crippen LogP contribution in [0.3, 0.4) is 0 Å². The van der Waals surface area contributed by atoms with Crippen LogP contribution in [-0.2, 0) is 10.0 Å². The number of hydrogen-bond acceptors (Lipinski definition) is 7. The van der Waals surface area contributed by atoms with Crippen LogP contribution in [0.1, 0.15) is 36.7 Å². The summed E-state index contributed by atoms with van der Waals surface area (Å²) in [6, 6.07) is 13.0. The summed E-state index contributed by atoms with van der Waals surface area (Å²) in [7, 11) is -3.57. The van der Waals surface area contributed by atoms with Crippen molar-refractivity contribution >= 4 is 21.6 Å². The summed E-state index contributed by atoms with van der Waals surface area (Å²) in [5.74, 6) is 1.22. The molecule has 2 aliphatic heterocycles. The SMILES string of the molecule is C[C@@H]1CCCCN1S(=O)(=O)c1ccc(NC(=O)c2cc(-c3ccc4c(c3)OCCO4)on2)cc1. The van der Waals surface area contributed by atoms with Gasteiger partial charge in [0.15, 0.2) is 23.0 Å². The monoisotopic (exact) mass is 483 g/mol. The lowest BCUT2D eigenvalue weighted by Gasteiger charge is -2.32. The first kappa shape index (κ1) is 22.4. The third kappa shape index (κ3) is 4.38. The van der Waals surface area contributed by atoms with Crippen molar-refractivity contribution < 1.29 is 27.2 Å². The van der Waals surface area contributed by atoms with Crippen LogP contribution < -0.4 is 14.8 Å². The molecular weight excluding hydrogens is 458 g/mol. The van der Waals surface area contributed by atoms with Gasteiger partial charge in [0.1, 0.15) is 13.2 Å². The van der Waals surface area contributed by atoms with Crippen molar-refractivity contribution in [2.75, 3.05) is 25.1 Å². The van der Waals surface area contributed by atoms with E-state index in [1.807, 2.05) is 6.92 Å². The summed E-state index contributed by atoms with van der Waals surface area (Å²) in [6.07, 6.45) is 2.76. The summed E-state index contributed by atoms with van der Waals surface area (Å²) in [5, 5.41) is 6.59. The molecule has 1 aromatic heterocycles. The Labute approximate surface area is 197 Å². The lowest BCUT2D eigenvalue weighted by atomic mass is 10.1. The minimum Gasteiger partial charge on any atom is -0.486 e. The van der Waals surface area contributed by atoms with E-state index in [1.165, 1.54) is 18.2 Å². The van der Waals surface area contributed by atoms with Crippen LogP contribution in [0.15, 0.2) is 57.9 Å². The van der Waals surface area contributed by atoms with Gasteiger partial charge in [-0.3, -0.25) is 4.79 Å². The van der Waals surface area contributed by atoms with Gasteiger partial charge >= 0.3 is 0 Å². The fourth-order valence-corrected chi connectivity index (χ4v) is 5.88. The first-order valence-corrected chi connectivity index (χ1v) is 12.7. The van der Waals surface area contributed by atoms with E-state index in [2.05, 4.69) is 10.5 Å². The van der Waals surface area contributed by atoms with Gasteiger partial charge in [-0.05, 0) is 62.2 Å². The number of amides is 1. The molecule has 1 fully saturated rings. The standard InChI is InChI=1S/C24H25N3O6S/c1-16-4-2-3-11-27(16)34(29,30)19-8-6-18(7-9-19)25-24(28)20-15-22(33-26-20)17-5-10-21-23(14-17)32-13-12-31-21/h5-10,14-16H,2-4,11-13H2,1H3,(H,25,28)/t16-/m1/s1. The molecule has 3 heterocycles. The van der Waals surface area contributed by atoms with E-state index in [0.717, 1.165) is 19.3 Å². The van der Waals surface area contributed by atoms with Gasteiger partial charge < -0.3 is 19.3 Å². The summed E-state index contributed by atoms with van der Waals surface area (Å²) in [4.78, 5) is 12.9. The molecule has 178 valence electrons. The van der Waals surface area contributed by atoms with Crippen LogP contribution in [0.4, 0.5) is 5.69 Å². The Morgan fingerprint density at radius 3 is 2.56 bits per heavy atom. The van der Waals surface area contributed by atoms with Gasteiger partial charge in [-0.15, -0.1) is 0 Å². The average Bonchev–Trinajstić information content (AvgIpc) is 3.35. The number of aromatic nitrogens is 1. The van der Waals surface area contributed by atoms with Gasteiger partial charge in [0.05, 0.1) is 4.90 Å². The number of carbonyl (C=O) groups is 1. The number of rotatable bonds is 5. The summed E-state index contributed by atoms with van der Waals surface area (Å²) >= 11 is 0. The number of anilines is 1. The van der Waals surface area contributed by atoms with Gasteiger partial charge in [0, 0.05) is 29.9 Å². The van der Waals surface area contributed by atoms with E-state index >= 15 is 0 Å². The number of carbonyl (C=O) groups excluding carboxylic acids is 1. The van der Waals surface area contributed by atoms with E-state index in [9.17, 15) is 13.2 Å². The highest BCUT2D eigenvalue weighted by molar-refractivity contribution is 7.89. The Morgan fingerprint density at radius 2 is 1.79 bits per heavy atom. The fourth-order valence-electron chi connectivity index (χ4n) is 4.18. The molecule has 1 saturated heterocycles. The van der Waals surface area contributed by atoms with Gasteiger partial charge in [-0.1, -0.05) is 11.6 Å². The highest BCUT2D eigenvalue weighted by Gasteiger charge is 2.30. The smallest absolute Gasteiger partial charge is 0.277 e. The van der Waals surface area contributed by atoms with E-state index < -0.39 is 15.9 Å². The van der Waals surface area contributed by atoms with Gasteiger partial charge in [0.25, 0.3) is 5.91 Å². The molecule has 9 nitrogen and oxygen atoms in total. The molecule has 1 atom stereocenters. The Bertz CT molecular complexity index is 1300. The summed E-state index contributed by atoms with van der Waals surface area (Å²) in [5.41, 5.74) is 1.26. The maximum atomic E-state index is 13.0. The predicted octanol–water partition coefficient (Wildman–Crippen LogP) is 3.93. The fraction of sp³-hybridized carbons (Fsp3) is 0.333. The number of benzene rings is 2. The number of nitrogens with zero attached hydrogens (tertiary/aromatic N) is 2. The van der Waals surface area contributed by atoms with E-state index in [-0.39, 0.29) is 16.6 Å². The van der Waals surface area contributed by atoms with Crippen molar-refractivity contribution in [1.82, 2.24) is 9.46 Å². The number of sulfonamides is 1. The molecule has 2 aromatic carbocycles. The molecule has 0 bridgehead atoms. The summed E-state index contributed by atoms with van der Waals surface area (Å²) in [6.45, 7) is 3.43. The highest BCUT2D eigenvalue weighted by Crippen LogP contribution is 2.34. The second-order valence-electron chi connectivity index (χ2n) is 8.37. The maximum Gasteiger partial charge on any atom is 0.277 e. The first-order chi connectivity index (χ1) is 16.4. The molecular formula is C24H25N3O6S. The lowest BCUT2D eigenvalue weighted by molar-refractivity contribution is 0.101. The number of piperidine rings is 1. The van der Waals surface area contributed by atoms with Crippen molar-refractivity contribution in [1.29, 1.82) is 0 Å². The number of hydrogen-bond donors (Lipinski definition) is 1. The van der Waals surface area contributed by atoms with Gasteiger partial charge in [-0.2, -0.15) is 4.31 Å². The number of fused-ring (bicyclic) bond motifs is 1. The molecule has 0 aliphatic carbocycles. The van der Waals surface area contributed by atoms with Crippen LogP contribution >= 0.6 is 0 Å². The first-order valence-electron chi connectivity index (χ1n) is 11.2. The number of ether oxygens (including phenoxy) is 2. The van der Waals surface area contributed by atoms with Crippen LogP contribution in [0.25, 0.3) is 11.3 Å². The molecule has 2 aliphatic rings. The van der Waals surface area contributed by atoms with Crippen LogP contribution in [0.5, 0.6) is 11.5 Å². The quantitative estimate of drug-likeness (QED) is 0.585. The summed E-state index contributed by atoms with van der Waals surface area (Å²) < 4.78 is 44.0. The van der Waals surface area contributed by atoms with Crippen molar-refractivity contribution in [3.63, 3.8) is 0 Å². The molecule has 5 rings (SSSR count). The molecule has 0 saturated carbocycles. The van der Waals surface area contributed by atoms with E-state index in [4.69, 9.17) is 14.0 Å². The van der Waals surface area contributed by atoms with Crippen LogP contribution in [0, 0.1) is 0 Å². The molecule has 0 radical (unpaired) electrons. The molecule has 1 amide bonds. The second-order valence-corrected chi connectivity index (χ2v) is 10.3. The van der Waals surface area contributed by atoms with Crippen LogP contribution in [0.2, 0.25) is 0 Å². The highest BCUT2D eigenvalue weighted by atomic mass is 32.2. The normalized spacial score (nSPS) is 18.4. The molecule has 34 heavy (non-hydrogen) atoms. The van der Waals surface area contributed by atoms with Crippen molar-refractivity contribution in [3.05, 3.63) is 54.2 Å². The zero-order chi connectivity index (χ0) is 23.7. The molecule has 0 spiro atoms. The molecule has 10 heteroatoms. The Hall–Kier alpha value is -3.37. The third-order valence-electron chi connectivity index (χ3n) is 6.03. The van der Waals surface area contributed by atoms with Crippen molar-refractivity contribution in [3.8, 4) is 22.8 Å². The molecule has 1 N–H and O–H groups in total. The molecule has 3 aromatic rings. The zero-order valence-electron chi connectivity index (χ0n) is 18.7. The Morgan fingerprint density at radius 1 is 1.03 bits per heavy atom. The largest absolute Gasteiger partial charge is 0.486 e. The van der Waals surface area contributed by atoms with Gasteiger partial charge in [0.2, 0.25) is 10.0 Å². The minimum absolute atomic E-state index is 0.0197. The zero-order valence-corrected chi connectivity index (χ0v) is 19.5. The average molecular weight is 484 g/mol. The lowest BCUT2D eigenvalue weighted by Crippen LogP contribution is -2.41. The topological polar surface area (TPSA) is 111 Å². The predicted molar refractivity (Wildman–Crippen MR) is 125 cm³/mol. The number of nitrogens with one attached hydrogen (secondary N) is 1. The second kappa shape index (κ2) is 9.11. The molecule has 0 unspecified atom stereocenters. The van der Waals surface area contributed by atoms with Crippen molar-refractivity contribution in [2.45, 2.75) is 37.1 Å². The van der Waals surface area contributed by atoms with E-state index in [1.54, 1.807) is 34.6 Å². The Balaban J connectivity index is 1.28. The minimum atomic E-state index is -3.57. The van der Waals surface area contributed by atoms with Crippen LogP contribution in [-0.4, -0.2) is 49.6 Å². The van der Waals surface area contributed by atoms with E-state index in [0.29, 0.717) is 48.3 Å². The maximum absolute atomic E-state index is 13.0. The third-order valence-corrected chi connectivity index (χ3v) is 8.06.